The summed E-state index contributed by atoms with van der Waals surface area (Å²) in [5.74, 6) is 1.42. The van der Waals surface area contributed by atoms with Gasteiger partial charge in [0.1, 0.15) is 5.75 Å². The maximum atomic E-state index is 5.63. The van der Waals surface area contributed by atoms with E-state index in [0.717, 1.165) is 22.6 Å². The van der Waals surface area contributed by atoms with Gasteiger partial charge in [-0.2, -0.15) is 0 Å². The van der Waals surface area contributed by atoms with E-state index in [-0.39, 0.29) is 0 Å². The van der Waals surface area contributed by atoms with Crippen LogP contribution in [-0.2, 0) is 0 Å². The summed E-state index contributed by atoms with van der Waals surface area (Å²) in [7, 11) is 0. The van der Waals surface area contributed by atoms with Gasteiger partial charge < -0.3 is 10.5 Å². The summed E-state index contributed by atoms with van der Waals surface area (Å²) >= 11 is 1.49. The van der Waals surface area contributed by atoms with E-state index in [1.54, 1.807) is 0 Å². The predicted molar refractivity (Wildman–Crippen MR) is 64.4 cm³/mol. The first-order valence-corrected chi connectivity index (χ1v) is 5.75. The third-order valence-electron chi connectivity index (χ3n) is 1.96. The van der Waals surface area contributed by atoms with Crippen LogP contribution in [0, 0.1) is 5.92 Å². The predicted octanol–water partition coefficient (Wildman–Crippen LogP) is 2.91. The Labute approximate surface area is 92.9 Å². The first kappa shape index (κ1) is 10.2. The number of nitrogens with two attached hydrogens (primary N) is 1. The Balaban J connectivity index is 2.22. The zero-order chi connectivity index (χ0) is 10.8. The lowest BCUT2D eigenvalue weighted by molar-refractivity contribution is 0.271. The molecule has 1 aromatic heterocycles. The van der Waals surface area contributed by atoms with Gasteiger partial charge in [0.15, 0.2) is 5.13 Å². The second-order valence-electron chi connectivity index (χ2n) is 3.89. The van der Waals surface area contributed by atoms with Crippen molar-refractivity contribution in [1.29, 1.82) is 0 Å². The van der Waals surface area contributed by atoms with Crippen LogP contribution < -0.4 is 10.5 Å². The molecule has 0 spiro atoms. The quantitative estimate of drug-likeness (QED) is 0.868. The van der Waals surface area contributed by atoms with Crippen LogP contribution in [0.1, 0.15) is 13.8 Å². The highest BCUT2D eigenvalue weighted by Gasteiger charge is 2.03. The number of nitrogens with zero attached hydrogens (tertiary/aromatic N) is 1. The number of thiazole rings is 1. The zero-order valence-electron chi connectivity index (χ0n) is 8.86. The van der Waals surface area contributed by atoms with Crippen molar-refractivity contribution >= 4 is 26.7 Å². The fourth-order valence-corrected chi connectivity index (χ4v) is 2.04. The van der Waals surface area contributed by atoms with Crippen molar-refractivity contribution in [3.63, 3.8) is 0 Å². The number of rotatable bonds is 3. The Morgan fingerprint density at radius 1 is 1.47 bits per heavy atom. The van der Waals surface area contributed by atoms with Gasteiger partial charge in [0.25, 0.3) is 0 Å². The molecular formula is C11H14N2OS. The Kier molecular flexibility index (Phi) is 2.77. The summed E-state index contributed by atoms with van der Waals surface area (Å²) in [6, 6.07) is 5.87. The Morgan fingerprint density at radius 3 is 3.00 bits per heavy atom. The molecule has 2 N–H and O–H groups in total. The van der Waals surface area contributed by atoms with Crippen molar-refractivity contribution < 1.29 is 4.74 Å². The maximum absolute atomic E-state index is 5.63. The molecule has 0 atom stereocenters. The monoisotopic (exact) mass is 222 g/mol. The topological polar surface area (TPSA) is 48.1 Å². The van der Waals surface area contributed by atoms with E-state index >= 15 is 0 Å². The minimum atomic E-state index is 0.534. The van der Waals surface area contributed by atoms with Crippen LogP contribution in [0.2, 0.25) is 0 Å². The molecule has 15 heavy (non-hydrogen) atoms. The smallest absolute Gasteiger partial charge is 0.181 e. The number of hydrogen-bond donors (Lipinski definition) is 1. The minimum absolute atomic E-state index is 0.534. The molecule has 80 valence electrons. The van der Waals surface area contributed by atoms with Crippen molar-refractivity contribution in [2.45, 2.75) is 13.8 Å². The van der Waals surface area contributed by atoms with Gasteiger partial charge in [-0.3, -0.25) is 0 Å². The van der Waals surface area contributed by atoms with Crippen molar-refractivity contribution in [3.8, 4) is 5.75 Å². The fraction of sp³-hybridized carbons (Fsp3) is 0.364. The van der Waals surface area contributed by atoms with Crippen molar-refractivity contribution in [3.05, 3.63) is 18.2 Å². The molecule has 0 aliphatic heterocycles. The van der Waals surface area contributed by atoms with Crippen LogP contribution in [0.5, 0.6) is 5.75 Å². The van der Waals surface area contributed by atoms with Gasteiger partial charge in [-0.25, -0.2) is 4.98 Å². The molecule has 0 radical (unpaired) electrons. The number of nitrogen functional groups attached to an aromatic ring is 1. The van der Waals surface area contributed by atoms with Crippen LogP contribution in [0.4, 0.5) is 5.13 Å². The summed E-state index contributed by atoms with van der Waals surface area (Å²) in [6.45, 7) is 4.99. The summed E-state index contributed by atoms with van der Waals surface area (Å²) in [5.41, 5.74) is 6.57. The second-order valence-corrected chi connectivity index (χ2v) is 4.95. The molecule has 0 saturated heterocycles. The van der Waals surface area contributed by atoms with E-state index in [0.29, 0.717) is 11.0 Å². The average molecular weight is 222 g/mol. The van der Waals surface area contributed by atoms with Gasteiger partial charge in [-0.1, -0.05) is 25.2 Å². The molecule has 0 aliphatic rings. The van der Waals surface area contributed by atoms with Crippen molar-refractivity contribution in [2.24, 2.45) is 5.92 Å². The van der Waals surface area contributed by atoms with Crippen molar-refractivity contribution in [1.82, 2.24) is 4.98 Å². The van der Waals surface area contributed by atoms with Crippen LogP contribution in [0.15, 0.2) is 18.2 Å². The lowest BCUT2D eigenvalue weighted by atomic mass is 10.2. The van der Waals surface area contributed by atoms with Gasteiger partial charge >= 0.3 is 0 Å². The summed E-state index contributed by atoms with van der Waals surface area (Å²) in [5, 5.41) is 0.603. The molecule has 0 saturated carbocycles. The van der Waals surface area contributed by atoms with Gasteiger partial charge in [0.2, 0.25) is 0 Å². The normalized spacial score (nSPS) is 11.1. The first-order chi connectivity index (χ1) is 7.15. The molecule has 0 amide bonds. The highest BCUT2D eigenvalue weighted by molar-refractivity contribution is 7.22. The average Bonchev–Trinajstić information content (AvgIpc) is 2.53. The van der Waals surface area contributed by atoms with Crippen LogP contribution in [0.3, 0.4) is 0 Å². The van der Waals surface area contributed by atoms with Crippen LogP contribution >= 0.6 is 11.3 Å². The Hall–Kier alpha value is -1.29. The lowest BCUT2D eigenvalue weighted by Crippen LogP contribution is -2.04. The van der Waals surface area contributed by atoms with E-state index in [9.17, 15) is 0 Å². The van der Waals surface area contributed by atoms with E-state index in [1.165, 1.54) is 11.3 Å². The standard InChI is InChI=1S/C11H14N2OS/c1-7(2)6-14-8-3-4-9-10(5-8)15-11(12)13-9/h3-5,7H,6H2,1-2H3,(H2,12,13). The highest BCUT2D eigenvalue weighted by atomic mass is 32.1. The molecule has 0 fully saturated rings. The van der Waals surface area contributed by atoms with Gasteiger partial charge in [-0.05, 0) is 24.1 Å². The van der Waals surface area contributed by atoms with E-state index in [2.05, 4.69) is 18.8 Å². The van der Waals surface area contributed by atoms with Crippen molar-refractivity contribution in [2.75, 3.05) is 12.3 Å². The van der Waals surface area contributed by atoms with E-state index in [4.69, 9.17) is 10.5 Å². The number of anilines is 1. The third-order valence-corrected chi connectivity index (χ3v) is 2.81. The highest BCUT2D eigenvalue weighted by Crippen LogP contribution is 2.27. The largest absolute Gasteiger partial charge is 0.493 e. The molecule has 0 aliphatic carbocycles. The molecular weight excluding hydrogens is 208 g/mol. The number of hydrogen-bond acceptors (Lipinski definition) is 4. The molecule has 0 bridgehead atoms. The lowest BCUT2D eigenvalue weighted by Gasteiger charge is -2.07. The van der Waals surface area contributed by atoms with Crippen LogP contribution in [0.25, 0.3) is 10.2 Å². The molecule has 2 aromatic rings. The fourth-order valence-electron chi connectivity index (χ4n) is 1.28. The minimum Gasteiger partial charge on any atom is -0.493 e. The second kappa shape index (κ2) is 4.06. The van der Waals surface area contributed by atoms with Gasteiger partial charge in [-0.15, -0.1) is 0 Å². The molecule has 2 rings (SSSR count). The zero-order valence-corrected chi connectivity index (χ0v) is 9.67. The van der Waals surface area contributed by atoms with Gasteiger partial charge in [0, 0.05) is 0 Å². The molecule has 4 heteroatoms. The number of aromatic nitrogens is 1. The third kappa shape index (κ3) is 2.39. The number of fused-ring (bicyclic) bond motifs is 1. The van der Waals surface area contributed by atoms with E-state index < -0.39 is 0 Å². The maximum Gasteiger partial charge on any atom is 0.181 e. The molecule has 1 aromatic carbocycles. The Bertz CT molecular complexity index is 465. The Morgan fingerprint density at radius 2 is 2.27 bits per heavy atom. The first-order valence-electron chi connectivity index (χ1n) is 4.94. The van der Waals surface area contributed by atoms with E-state index in [1.807, 2.05) is 18.2 Å². The molecule has 0 unspecified atom stereocenters. The SMILES string of the molecule is CC(C)COc1ccc2nc(N)sc2c1. The number of ether oxygens (including phenoxy) is 1. The van der Waals surface area contributed by atoms with Crippen LogP contribution in [-0.4, -0.2) is 11.6 Å². The van der Waals surface area contributed by atoms with Gasteiger partial charge in [0.05, 0.1) is 16.8 Å². The molecule has 1 heterocycles. The number of benzene rings is 1. The molecule has 3 nitrogen and oxygen atoms in total. The summed E-state index contributed by atoms with van der Waals surface area (Å²) in [4.78, 5) is 4.19. The summed E-state index contributed by atoms with van der Waals surface area (Å²) in [6.07, 6.45) is 0. The summed E-state index contributed by atoms with van der Waals surface area (Å²) < 4.78 is 6.70.